The van der Waals surface area contributed by atoms with Gasteiger partial charge in [0.05, 0.1) is 18.9 Å². The van der Waals surface area contributed by atoms with Gasteiger partial charge in [-0.25, -0.2) is 9.37 Å². The van der Waals surface area contributed by atoms with Gasteiger partial charge in [0, 0.05) is 41.6 Å². The maximum Gasteiger partial charge on any atom is 0.229 e. The fraction of sp³-hybridized carbons (Fsp3) is 0.333. The second-order valence-electron chi connectivity index (χ2n) is 8.75. The standard InChI is InChI=1S/C24H26BrFN6O2/c1-30(2)12-17-13-33-21-9-16(7-8-20(21)34-17)28-24-27-10-15-11-32(14-31(3)23(15)29-24)22-18(25)5-4-6-19(22)26/h4-10,17H,11-14H2,1-3H3,(H,27,28,29). The average molecular weight is 529 g/mol. The van der Waals surface area contributed by atoms with Crippen LogP contribution in [0.2, 0.25) is 0 Å². The van der Waals surface area contributed by atoms with E-state index in [0.717, 1.165) is 33.8 Å². The summed E-state index contributed by atoms with van der Waals surface area (Å²) in [6, 6.07) is 10.7. The van der Waals surface area contributed by atoms with Gasteiger partial charge in [-0.2, -0.15) is 4.98 Å². The van der Waals surface area contributed by atoms with Gasteiger partial charge in [-0.1, -0.05) is 6.07 Å². The molecule has 0 amide bonds. The molecule has 10 heteroatoms. The van der Waals surface area contributed by atoms with Crippen LogP contribution in [0.25, 0.3) is 0 Å². The van der Waals surface area contributed by atoms with Gasteiger partial charge >= 0.3 is 0 Å². The van der Waals surface area contributed by atoms with E-state index in [0.29, 0.717) is 37.2 Å². The van der Waals surface area contributed by atoms with Crippen LogP contribution in [0, 0.1) is 5.82 Å². The van der Waals surface area contributed by atoms with Crippen molar-refractivity contribution in [2.24, 2.45) is 0 Å². The maximum atomic E-state index is 14.5. The smallest absolute Gasteiger partial charge is 0.229 e. The number of likely N-dealkylation sites (N-methyl/N-ethyl adjacent to an activating group) is 1. The molecule has 0 aliphatic carbocycles. The Hall–Kier alpha value is -3.11. The summed E-state index contributed by atoms with van der Waals surface area (Å²) in [5.41, 5.74) is 2.26. The Bertz CT molecular complexity index is 1190. The number of nitrogens with zero attached hydrogens (tertiary/aromatic N) is 5. The first kappa shape index (κ1) is 22.7. The molecule has 2 aliphatic rings. The number of halogens is 2. The monoisotopic (exact) mass is 528 g/mol. The molecule has 0 fully saturated rings. The first-order chi connectivity index (χ1) is 16.4. The van der Waals surface area contributed by atoms with E-state index in [4.69, 9.17) is 14.5 Å². The normalized spacial score (nSPS) is 17.1. The zero-order valence-corrected chi connectivity index (χ0v) is 20.8. The Balaban J connectivity index is 1.32. The number of hydrogen-bond acceptors (Lipinski definition) is 8. The molecule has 1 unspecified atom stereocenters. The number of nitrogens with one attached hydrogen (secondary N) is 1. The fourth-order valence-electron chi connectivity index (χ4n) is 4.24. The number of anilines is 4. The SMILES string of the molecule is CN(C)CC1COc2cc(Nc3ncc4c(n3)N(C)CN(c3c(F)cccc3Br)C4)ccc2O1. The van der Waals surface area contributed by atoms with Crippen molar-refractivity contribution in [2.45, 2.75) is 12.6 Å². The Morgan fingerprint density at radius 2 is 2.09 bits per heavy atom. The number of ether oxygens (including phenoxy) is 2. The summed E-state index contributed by atoms with van der Waals surface area (Å²) in [4.78, 5) is 15.2. The van der Waals surface area contributed by atoms with Crippen LogP contribution in [0.5, 0.6) is 11.5 Å². The van der Waals surface area contributed by atoms with Crippen LogP contribution in [0.1, 0.15) is 5.56 Å². The van der Waals surface area contributed by atoms with E-state index in [-0.39, 0.29) is 11.9 Å². The predicted octanol–water partition coefficient (Wildman–Crippen LogP) is 4.24. The largest absolute Gasteiger partial charge is 0.486 e. The van der Waals surface area contributed by atoms with E-state index in [1.807, 2.05) is 55.2 Å². The number of fused-ring (bicyclic) bond motifs is 2. The van der Waals surface area contributed by atoms with Crippen molar-refractivity contribution < 1.29 is 13.9 Å². The molecule has 3 heterocycles. The zero-order chi connectivity index (χ0) is 23.8. The predicted molar refractivity (Wildman–Crippen MR) is 134 cm³/mol. The minimum absolute atomic E-state index is 0.00498. The molecule has 0 saturated heterocycles. The lowest BCUT2D eigenvalue weighted by atomic mass is 10.2. The number of aromatic nitrogens is 2. The maximum absolute atomic E-state index is 14.5. The number of rotatable bonds is 5. The van der Waals surface area contributed by atoms with Crippen LogP contribution in [0.3, 0.4) is 0 Å². The van der Waals surface area contributed by atoms with Crippen LogP contribution in [-0.2, 0) is 6.54 Å². The molecule has 0 saturated carbocycles. The highest BCUT2D eigenvalue weighted by molar-refractivity contribution is 9.10. The topological polar surface area (TPSA) is 66.0 Å². The van der Waals surface area contributed by atoms with Gasteiger partial charge in [-0.3, -0.25) is 0 Å². The Morgan fingerprint density at radius 1 is 1.24 bits per heavy atom. The van der Waals surface area contributed by atoms with Gasteiger partial charge in [0.2, 0.25) is 5.95 Å². The highest BCUT2D eigenvalue weighted by atomic mass is 79.9. The first-order valence-corrected chi connectivity index (χ1v) is 11.8. The number of benzene rings is 2. The summed E-state index contributed by atoms with van der Waals surface area (Å²) in [6.07, 6.45) is 1.79. The third kappa shape index (κ3) is 4.60. The molecule has 1 aromatic heterocycles. The van der Waals surface area contributed by atoms with E-state index in [1.54, 1.807) is 12.3 Å². The molecular weight excluding hydrogens is 503 g/mol. The summed E-state index contributed by atoms with van der Waals surface area (Å²) in [6.45, 7) is 2.31. The lowest BCUT2D eigenvalue weighted by Crippen LogP contribution is -2.41. The van der Waals surface area contributed by atoms with Crippen LogP contribution < -0.4 is 24.6 Å². The molecule has 1 atom stereocenters. The summed E-state index contributed by atoms with van der Waals surface area (Å²) in [7, 11) is 5.96. The minimum Gasteiger partial charge on any atom is -0.486 e. The van der Waals surface area contributed by atoms with Crippen LogP contribution in [0.15, 0.2) is 47.1 Å². The van der Waals surface area contributed by atoms with E-state index < -0.39 is 0 Å². The molecule has 2 aliphatic heterocycles. The Kier molecular flexibility index (Phi) is 6.18. The van der Waals surface area contributed by atoms with Crippen molar-refractivity contribution in [3.05, 3.63) is 58.4 Å². The minimum atomic E-state index is -0.267. The lowest BCUT2D eigenvalue weighted by Gasteiger charge is -2.37. The van der Waals surface area contributed by atoms with Gasteiger partial charge in [-0.05, 0) is 54.3 Å². The summed E-state index contributed by atoms with van der Waals surface area (Å²) >= 11 is 3.47. The van der Waals surface area contributed by atoms with Gasteiger partial charge < -0.3 is 29.5 Å². The molecule has 5 rings (SSSR count). The molecule has 0 bridgehead atoms. The second kappa shape index (κ2) is 9.27. The molecule has 34 heavy (non-hydrogen) atoms. The third-order valence-corrected chi connectivity index (χ3v) is 6.33. The van der Waals surface area contributed by atoms with Crippen molar-refractivity contribution in [1.82, 2.24) is 14.9 Å². The highest BCUT2D eigenvalue weighted by Gasteiger charge is 2.26. The zero-order valence-electron chi connectivity index (χ0n) is 19.3. The van der Waals surface area contributed by atoms with Crippen LogP contribution in [0.4, 0.5) is 27.5 Å². The van der Waals surface area contributed by atoms with Crippen molar-refractivity contribution in [3.8, 4) is 11.5 Å². The van der Waals surface area contributed by atoms with E-state index in [2.05, 4.69) is 31.1 Å². The molecular formula is C24H26BrFN6O2. The molecule has 0 radical (unpaired) electrons. The molecule has 8 nitrogen and oxygen atoms in total. The van der Waals surface area contributed by atoms with Crippen molar-refractivity contribution in [1.29, 1.82) is 0 Å². The fourth-order valence-corrected chi connectivity index (χ4v) is 4.83. The Morgan fingerprint density at radius 3 is 2.88 bits per heavy atom. The van der Waals surface area contributed by atoms with E-state index >= 15 is 0 Å². The first-order valence-electron chi connectivity index (χ1n) is 11.0. The van der Waals surface area contributed by atoms with Gasteiger partial charge in [0.25, 0.3) is 0 Å². The van der Waals surface area contributed by atoms with E-state index in [9.17, 15) is 4.39 Å². The van der Waals surface area contributed by atoms with E-state index in [1.165, 1.54) is 6.07 Å². The molecule has 3 aromatic rings. The van der Waals surface area contributed by atoms with Gasteiger partial charge in [0.15, 0.2) is 11.5 Å². The number of hydrogen-bond donors (Lipinski definition) is 1. The number of para-hydroxylation sites is 1. The molecule has 2 aromatic carbocycles. The van der Waals surface area contributed by atoms with Crippen molar-refractivity contribution >= 4 is 39.1 Å². The van der Waals surface area contributed by atoms with Crippen molar-refractivity contribution in [3.63, 3.8) is 0 Å². The lowest BCUT2D eigenvalue weighted by molar-refractivity contribution is 0.0711. The van der Waals surface area contributed by atoms with Crippen LogP contribution in [-0.4, -0.2) is 61.9 Å². The second-order valence-corrected chi connectivity index (χ2v) is 9.60. The summed E-state index contributed by atoms with van der Waals surface area (Å²) in [5.74, 6) is 2.45. The molecule has 1 N–H and O–H groups in total. The van der Waals surface area contributed by atoms with Gasteiger partial charge in [0.1, 0.15) is 24.3 Å². The molecule has 0 spiro atoms. The van der Waals surface area contributed by atoms with Gasteiger partial charge in [-0.15, -0.1) is 0 Å². The quantitative estimate of drug-likeness (QED) is 0.527. The molecule has 178 valence electrons. The summed E-state index contributed by atoms with van der Waals surface area (Å²) < 4.78 is 27.2. The van der Waals surface area contributed by atoms with Crippen molar-refractivity contribution in [2.75, 3.05) is 56.1 Å². The summed E-state index contributed by atoms with van der Waals surface area (Å²) in [5, 5.41) is 3.26. The Labute approximate surface area is 206 Å². The van der Waals surface area contributed by atoms with Crippen LogP contribution >= 0.6 is 15.9 Å². The third-order valence-electron chi connectivity index (χ3n) is 5.69. The highest BCUT2D eigenvalue weighted by Crippen LogP contribution is 2.36. The average Bonchev–Trinajstić information content (AvgIpc) is 2.79.